The van der Waals surface area contributed by atoms with E-state index >= 15 is 0 Å². The van der Waals surface area contributed by atoms with Gasteiger partial charge in [0.05, 0.1) is 5.92 Å². The summed E-state index contributed by atoms with van der Waals surface area (Å²) in [5.41, 5.74) is 0.960. The lowest BCUT2D eigenvalue weighted by molar-refractivity contribution is -0.152. The van der Waals surface area contributed by atoms with E-state index in [9.17, 15) is 22.8 Å². The van der Waals surface area contributed by atoms with Crippen LogP contribution in [0.25, 0.3) is 0 Å². The number of ether oxygens (including phenoxy) is 1. The molecular formula is C22H26N4O6S. The monoisotopic (exact) mass is 474 g/mol. The molecule has 33 heavy (non-hydrogen) atoms. The molecule has 1 aromatic heterocycles. The van der Waals surface area contributed by atoms with Crippen molar-refractivity contribution in [1.29, 1.82) is 0 Å². The maximum atomic E-state index is 12.6. The summed E-state index contributed by atoms with van der Waals surface area (Å²) in [5.74, 6) is -1.67. The van der Waals surface area contributed by atoms with Crippen molar-refractivity contribution in [2.75, 3.05) is 39.1 Å². The second-order valence-electron chi connectivity index (χ2n) is 7.80. The fraction of sp³-hybridized carbons (Fsp3) is 0.364. The van der Waals surface area contributed by atoms with Gasteiger partial charge in [0.25, 0.3) is 11.8 Å². The van der Waals surface area contributed by atoms with Crippen molar-refractivity contribution in [1.82, 2.24) is 14.2 Å². The van der Waals surface area contributed by atoms with Gasteiger partial charge in [0.15, 0.2) is 6.61 Å². The summed E-state index contributed by atoms with van der Waals surface area (Å²) in [7, 11) is -0.357. The lowest BCUT2D eigenvalue weighted by Crippen LogP contribution is -2.40. The molecule has 1 aliphatic rings. The predicted molar refractivity (Wildman–Crippen MR) is 120 cm³/mol. The maximum absolute atomic E-state index is 12.6. The SMILES string of the molecule is CN(C)C(=O)c1ccc(NC(=O)COC(=O)C2CCN(S(=O)(=O)c3cccnc3)CC2)cc1. The highest BCUT2D eigenvalue weighted by Gasteiger charge is 2.33. The van der Waals surface area contributed by atoms with Gasteiger partial charge >= 0.3 is 5.97 Å². The third-order valence-corrected chi connectivity index (χ3v) is 7.11. The number of nitrogens with zero attached hydrogens (tertiary/aromatic N) is 3. The largest absolute Gasteiger partial charge is 0.455 e. The number of sulfonamides is 1. The van der Waals surface area contributed by atoms with Gasteiger partial charge in [-0.1, -0.05) is 0 Å². The Morgan fingerprint density at radius 2 is 1.79 bits per heavy atom. The Morgan fingerprint density at radius 1 is 1.12 bits per heavy atom. The van der Waals surface area contributed by atoms with Gasteiger partial charge in [0.2, 0.25) is 10.0 Å². The Kier molecular flexibility index (Phi) is 7.77. The fourth-order valence-corrected chi connectivity index (χ4v) is 4.82. The second-order valence-corrected chi connectivity index (χ2v) is 9.74. The predicted octanol–water partition coefficient (Wildman–Crippen LogP) is 1.37. The first-order valence-corrected chi connectivity index (χ1v) is 11.8. The number of pyridine rings is 1. The lowest BCUT2D eigenvalue weighted by Gasteiger charge is -2.29. The van der Waals surface area contributed by atoms with E-state index in [2.05, 4.69) is 10.3 Å². The highest BCUT2D eigenvalue weighted by atomic mass is 32.2. The minimum Gasteiger partial charge on any atom is -0.455 e. The van der Waals surface area contributed by atoms with Crippen LogP contribution in [-0.2, 0) is 24.3 Å². The van der Waals surface area contributed by atoms with E-state index in [1.165, 1.54) is 27.7 Å². The number of anilines is 1. The zero-order valence-electron chi connectivity index (χ0n) is 18.4. The Balaban J connectivity index is 1.45. The molecule has 2 amide bonds. The van der Waals surface area contributed by atoms with Crippen LogP contribution in [0.2, 0.25) is 0 Å². The zero-order chi connectivity index (χ0) is 24.0. The van der Waals surface area contributed by atoms with Crippen molar-refractivity contribution in [2.45, 2.75) is 17.7 Å². The number of piperidine rings is 1. The first-order chi connectivity index (χ1) is 15.7. The minimum atomic E-state index is -3.65. The molecule has 10 nitrogen and oxygen atoms in total. The summed E-state index contributed by atoms with van der Waals surface area (Å²) in [6.07, 6.45) is 3.41. The van der Waals surface area contributed by atoms with E-state index < -0.39 is 34.4 Å². The molecule has 0 aliphatic carbocycles. The van der Waals surface area contributed by atoms with Crippen molar-refractivity contribution in [2.24, 2.45) is 5.92 Å². The molecule has 1 aromatic carbocycles. The van der Waals surface area contributed by atoms with E-state index in [-0.39, 0.29) is 23.9 Å². The quantitative estimate of drug-likeness (QED) is 0.601. The zero-order valence-corrected chi connectivity index (χ0v) is 19.2. The molecule has 0 spiro atoms. The summed E-state index contributed by atoms with van der Waals surface area (Å²) in [5, 5.41) is 2.61. The molecule has 1 N–H and O–H groups in total. The van der Waals surface area contributed by atoms with Gasteiger partial charge in [-0.3, -0.25) is 19.4 Å². The van der Waals surface area contributed by atoms with E-state index in [0.29, 0.717) is 24.1 Å². The fourth-order valence-electron chi connectivity index (χ4n) is 3.39. The molecule has 1 fully saturated rings. The maximum Gasteiger partial charge on any atom is 0.309 e. The summed E-state index contributed by atoms with van der Waals surface area (Å²) >= 11 is 0. The minimum absolute atomic E-state index is 0.113. The van der Waals surface area contributed by atoms with E-state index in [0.717, 1.165) is 0 Å². The van der Waals surface area contributed by atoms with Gasteiger partial charge in [-0.2, -0.15) is 4.31 Å². The van der Waals surface area contributed by atoms with E-state index in [1.807, 2.05) is 0 Å². The number of esters is 1. The van der Waals surface area contributed by atoms with Crippen molar-refractivity contribution in [3.05, 3.63) is 54.4 Å². The molecule has 2 aromatic rings. The smallest absolute Gasteiger partial charge is 0.309 e. The van der Waals surface area contributed by atoms with Gasteiger partial charge < -0.3 is 15.0 Å². The Labute approximate surface area is 192 Å². The Bertz CT molecular complexity index is 1100. The van der Waals surface area contributed by atoms with Crippen LogP contribution < -0.4 is 5.32 Å². The lowest BCUT2D eigenvalue weighted by atomic mass is 9.98. The number of hydrogen-bond donors (Lipinski definition) is 1. The van der Waals surface area contributed by atoms with Crippen molar-refractivity contribution in [3.8, 4) is 0 Å². The van der Waals surface area contributed by atoms with Gasteiger partial charge in [-0.05, 0) is 49.2 Å². The number of amides is 2. The van der Waals surface area contributed by atoms with Crippen LogP contribution in [0.3, 0.4) is 0 Å². The molecule has 3 rings (SSSR count). The highest BCUT2D eigenvalue weighted by molar-refractivity contribution is 7.89. The summed E-state index contributed by atoms with van der Waals surface area (Å²) < 4.78 is 31.7. The molecule has 1 saturated heterocycles. The number of aromatic nitrogens is 1. The average molecular weight is 475 g/mol. The normalized spacial score (nSPS) is 15.0. The van der Waals surface area contributed by atoms with Crippen LogP contribution in [0.5, 0.6) is 0 Å². The average Bonchev–Trinajstić information content (AvgIpc) is 2.83. The number of nitrogens with one attached hydrogen (secondary N) is 1. The Hall–Kier alpha value is -3.31. The molecule has 1 aliphatic heterocycles. The molecule has 0 bridgehead atoms. The number of hydrogen-bond acceptors (Lipinski definition) is 7. The third kappa shape index (κ3) is 6.14. The van der Waals surface area contributed by atoms with Crippen LogP contribution in [0.15, 0.2) is 53.7 Å². The standard InChI is InChI=1S/C22H26N4O6S/c1-25(2)21(28)16-5-7-18(8-6-16)24-20(27)15-32-22(29)17-9-12-26(13-10-17)33(30,31)19-4-3-11-23-14-19/h3-8,11,14,17H,9-10,12-13,15H2,1-2H3,(H,24,27). The van der Waals surface area contributed by atoms with Crippen LogP contribution in [0.1, 0.15) is 23.2 Å². The molecule has 0 radical (unpaired) electrons. The highest BCUT2D eigenvalue weighted by Crippen LogP contribution is 2.24. The number of carbonyl (C=O) groups excluding carboxylic acids is 3. The molecular weight excluding hydrogens is 448 g/mol. The number of rotatable bonds is 7. The summed E-state index contributed by atoms with van der Waals surface area (Å²) in [6.45, 7) is -0.0895. The van der Waals surface area contributed by atoms with Crippen LogP contribution in [0, 0.1) is 5.92 Å². The summed E-state index contributed by atoms with van der Waals surface area (Å²) in [4.78, 5) is 41.8. The van der Waals surface area contributed by atoms with Crippen molar-refractivity contribution < 1.29 is 27.5 Å². The molecule has 2 heterocycles. The van der Waals surface area contributed by atoms with Crippen LogP contribution in [0.4, 0.5) is 5.69 Å². The van der Waals surface area contributed by atoms with Gasteiger partial charge in [-0.25, -0.2) is 8.42 Å². The molecule has 176 valence electrons. The summed E-state index contributed by atoms with van der Waals surface area (Å²) in [6, 6.07) is 9.41. The van der Waals surface area contributed by atoms with Gasteiger partial charge in [0, 0.05) is 50.8 Å². The van der Waals surface area contributed by atoms with E-state index in [1.54, 1.807) is 44.4 Å². The van der Waals surface area contributed by atoms with Crippen LogP contribution >= 0.6 is 0 Å². The topological polar surface area (TPSA) is 126 Å². The van der Waals surface area contributed by atoms with E-state index in [4.69, 9.17) is 4.74 Å². The molecule has 11 heteroatoms. The molecule has 0 saturated carbocycles. The molecule has 0 atom stereocenters. The Morgan fingerprint density at radius 3 is 2.36 bits per heavy atom. The van der Waals surface area contributed by atoms with Gasteiger partial charge in [-0.15, -0.1) is 0 Å². The third-order valence-electron chi connectivity index (χ3n) is 5.23. The molecule has 0 unspecified atom stereocenters. The number of benzene rings is 1. The van der Waals surface area contributed by atoms with Crippen molar-refractivity contribution in [3.63, 3.8) is 0 Å². The van der Waals surface area contributed by atoms with Crippen molar-refractivity contribution >= 4 is 33.5 Å². The van der Waals surface area contributed by atoms with Gasteiger partial charge in [0.1, 0.15) is 4.90 Å². The first kappa shape index (κ1) is 24.3. The first-order valence-electron chi connectivity index (χ1n) is 10.4. The number of carbonyl (C=O) groups is 3. The van der Waals surface area contributed by atoms with Crippen LogP contribution in [-0.4, -0.2) is 74.2 Å². The second kappa shape index (κ2) is 10.5.